The molecule has 1 fully saturated rings. The SMILES string of the molecule is CC1CN(Cc2cccc(CNC(=O)c3cccc(NS(=O)(=O)c4ccccc4)c3)c2)CCO1. The summed E-state index contributed by atoms with van der Waals surface area (Å²) in [6.07, 6.45) is 0.240. The first-order valence-corrected chi connectivity index (χ1v) is 12.8. The minimum Gasteiger partial charge on any atom is -0.376 e. The monoisotopic (exact) mass is 479 g/mol. The number of sulfonamides is 1. The molecule has 1 aliphatic heterocycles. The van der Waals surface area contributed by atoms with E-state index in [-0.39, 0.29) is 16.9 Å². The lowest BCUT2D eigenvalue weighted by atomic mass is 10.1. The fourth-order valence-corrected chi connectivity index (χ4v) is 5.02. The Morgan fingerprint density at radius 1 is 1.00 bits per heavy atom. The van der Waals surface area contributed by atoms with Crippen LogP contribution in [0.15, 0.2) is 83.8 Å². The molecule has 1 heterocycles. The average molecular weight is 480 g/mol. The summed E-state index contributed by atoms with van der Waals surface area (Å²) in [5, 5.41) is 2.93. The summed E-state index contributed by atoms with van der Waals surface area (Å²) in [5.74, 6) is -0.270. The van der Waals surface area contributed by atoms with Crippen molar-refractivity contribution in [3.05, 3.63) is 95.6 Å². The molecule has 0 bridgehead atoms. The van der Waals surface area contributed by atoms with E-state index in [9.17, 15) is 13.2 Å². The van der Waals surface area contributed by atoms with Crippen molar-refractivity contribution in [2.45, 2.75) is 31.0 Å². The summed E-state index contributed by atoms with van der Waals surface area (Å²) in [6, 6.07) is 22.8. The van der Waals surface area contributed by atoms with E-state index in [1.54, 1.807) is 36.4 Å². The van der Waals surface area contributed by atoms with Crippen LogP contribution in [-0.4, -0.2) is 45.0 Å². The smallest absolute Gasteiger partial charge is 0.261 e. The van der Waals surface area contributed by atoms with Gasteiger partial charge in [-0.3, -0.25) is 14.4 Å². The molecule has 1 aliphatic rings. The molecular formula is C26H29N3O4S. The predicted molar refractivity (Wildman–Crippen MR) is 132 cm³/mol. The number of nitrogens with zero attached hydrogens (tertiary/aromatic N) is 1. The van der Waals surface area contributed by atoms with Crippen molar-refractivity contribution in [2.75, 3.05) is 24.4 Å². The summed E-state index contributed by atoms with van der Waals surface area (Å²) in [5.41, 5.74) is 2.91. The average Bonchev–Trinajstić information content (AvgIpc) is 2.83. The lowest BCUT2D eigenvalue weighted by Crippen LogP contribution is -2.40. The van der Waals surface area contributed by atoms with Gasteiger partial charge in [0.1, 0.15) is 0 Å². The Hall–Kier alpha value is -3.20. The number of amides is 1. The Morgan fingerprint density at radius 3 is 2.56 bits per heavy atom. The number of carbonyl (C=O) groups excluding carboxylic acids is 1. The highest BCUT2D eigenvalue weighted by molar-refractivity contribution is 7.92. The molecule has 1 atom stereocenters. The highest BCUT2D eigenvalue weighted by atomic mass is 32.2. The molecule has 8 heteroatoms. The van der Waals surface area contributed by atoms with Gasteiger partial charge >= 0.3 is 0 Å². The fourth-order valence-electron chi connectivity index (χ4n) is 3.95. The third kappa shape index (κ3) is 6.44. The third-order valence-corrected chi connectivity index (χ3v) is 7.00. The van der Waals surface area contributed by atoms with Crippen LogP contribution in [0.25, 0.3) is 0 Å². The van der Waals surface area contributed by atoms with Crippen molar-refractivity contribution in [3.8, 4) is 0 Å². The van der Waals surface area contributed by atoms with Gasteiger partial charge in [0, 0.05) is 37.4 Å². The number of rotatable bonds is 8. The number of anilines is 1. The van der Waals surface area contributed by atoms with Crippen molar-refractivity contribution < 1.29 is 17.9 Å². The lowest BCUT2D eigenvalue weighted by molar-refractivity contribution is -0.0212. The van der Waals surface area contributed by atoms with Gasteiger partial charge in [-0.1, -0.05) is 48.5 Å². The number of nitrogens with one attached hydrogen (secondary N) is 2. The summed E-state index contributed by atoms with van der Waals surface area (Å²) in [6.45, 7) is 5.88. The molecule has 0 aromatic heterocycles. The Balaban J connectivity index is 1.36. The van der Waals surface area contributed by atoms with E-state index in [4.69, 9.17) is 4.74 Å². The van der Waals surface area contributed by atoms with Gasteiger partial charge in [0.2, 0.25) is 0 Å². The van der Waals surface area contributed by atoms with Gasteiger partial charge in [-0.2, -0.15) is 0 Å². The Kier molecular flexibility index (Phi) is 7.62. The topological polar surface area (TPSA) is 87.7 Å². The molecule has 1 amide bonds. The van der Waals surface area contributed by atoms with Crippen LogP contribution < -0.4 is 10.0 Å². The molecule has 1 unspecified atom stereocenters. The van der Waals surface area contributed by atoms with Crippen molar-refractivity contribution in [1.29, 1.82) is 0 Å². The molecule has 2 N–H and O–H groups in total. The van der Waals surface area contributed by atoms with Crippen molar-refractivity contribution in [3.63, 3.8) is 0 Å². The van der Waals surface area contributed by atoms with E-state index in [2.05, 4.69) is 34.0 Å². The Morgan fingerprint density at radius 2 is 1.76 bits per heavy atom. The maximum Gasteiger partial charge on any atom is 0.261 e. The minimum absolute atomic E-state index is 0.163. The molecule has 3 aromatic carbocycles. The molecule has 34 heavy (non-hydrogen) atoms. The van der Waals surface area contributed by atoms with Gasteiger partial charge in [-0.05, 0) is 48.4 Å². The summed E-state index contributed by atoms with van der Waals surface area (Å²) in [4.78, 5) is 15.3. The summed E-state index contributed by atoms with van der Waals surface area (Å²) >= 11 is 0. The van der Waals surface area contributed by atoms with Crippen LogP contribution >= 0.6 is 0 Å². The molecule has 0 radical (unpaired) electrons. The number of hydrogen-bond donors (Lipinski definition) is 2. The van der Waals surface area contributed by atoms with Crippen molar-refractivity contribution in [2.24, 2.45) is 0 Å². The van der Waals surface area contributed by atoms with Crippen LogP contribution in [0.1, 0.15) is 28.4 Å². The molecule has 0 aliphatic carbocycles. The Bertz CT molecular complexity index is 1230. The largest absolute Gasteiger partial charge is 0.376 e. The van der Waals surface area contributed by atoms with Gasteiger partial charge in [0.25, 0.3) is 15.9 Å². The van der Waals surface area contributed by atoms with E-state index in [0.29, 0.717) is 17.8 Å². The summed E-state index contributed by atoms with van der Waals surface area (Å²) in [7, 11) is -3.73. The van der Waals surface area contributed by atoms with E-state index in [1.165, 1.54) is 23.8 Å². The highest BCUT2D eigenvalue weighted by Crippen LogP contribution is 2.17. The van der Waals surface area contributed by atoms with Gasteiger partial charge in [0.05, 0.1) is 17.6 Å². The second-order valence-electron chi connectivity index (χ2n) is 8.42. The van der Waals surface area contributed by atoms with Gasteiger partial charge in [-0.25, -0.2) is 8.42 Å². The zero-order valence-electron chi connectivity index (χ0n) is 19.1. The van der Waals surface area contributed by atoms with Gasteiger partial charge < -0.3 is 10.1 Å². The predicted octanol–water partition coefficient (Wildman–Crippen LogP) is 3.64. The molecule has 1 saturated heterocycles. The number of hydrogen-bond acceptors (Lipinski definition) is 5. The van der Waals surface area contributed by atoms with Crippen LogP contribution in [0.4, 0.5) is 5.69 Å². The Labute approximate surface area is 200 Å². The third-order valence-electron chi connectivity index (χ3n) is 5.61. The van der Waals surface area contributed by atoms with Crippen LogP contribution in [0.2, 0.25) is 0 Å². The molecule has 7 nitrogen and oxygen atoms in total. The first-order valence-electron chi connectivity index (χ1n) is 11.3. The number of benzene rings is 3. The minimum atomic E-state index is -3.73. The van der Waals surface area contributed by atoms with Crippen LogP contribution in [0.3, 0.4) is 0 Å². The van der Waals surface area contributed by atoms with Crippen molar-refractivity contribution >= 4 is 21.6 Å². The standard InChI is InChI=1S/C26H29N3O4S/c1-20-18-29(13-14-33-20)19-22-8-5-7-21(15-22)17-27-26(30)23-9-6-10-24(16-23)28-34(31,32)25-11-3-2-4-12-25/h2-12,15-16,20,28H,13-14,17-19H2,1H3,(H,27,30). The van der Waals surface area contributed by atoms with E-state index in [0.717, 1.165) is 31.8 Å². The van der Waals surface area contributed by atoms with Gasteiger partial charge in [0.15, 0.2) is 0 Å². The second kappa shape index (κ2) is 10.8. The van der Waals surface area contributed by atoms with Crippen LogP contribution in [0.5, 0.6) is 0 Å². The quantitative estimate of drug-likeness (QED) is 0.515. The molecule has 4 rings (SSSR count). The molecule has 0 saturated carbocycles. The second-order valence-corrected chi connectivity index (χ2v) is 10.1. The molecule has 0 spiro atoms. The first kappa shape index (κ1) is 23.9. The van der Waals surface area contributed by atoms with Crippen LogP contribution in [0, 0.1) is 0 Å². The first-order chi connectivity index (χ1) is 16.4. The maximum absolute atomic E-state index is 12.7. The zero-order valence-corrected chi connectivity index (χ0v) is 19.9. The van der Waals surface area contributed by atoms with Crippen LogP contribution in [-0.2, 0) is 27.8 Å². The molecule has 178 valence electrons. The maximum atomic E-state index is 12.7. The highest BCUT2D eigenvalue weighted by Gasteiger charge is 2.17. The number of carbonyl (C=O) groups is 1. The molecular weight excluding hydrogens is 450 g/mol. The number of ether oxygens (including phenoxy) is 1. The lowest BCUT2D eigenvalue weighted by Gasteiger charge is -2.31. The van der Waals surface area contributed by atoms with Gasteiger partial charge in [-0.15, -0.1) is 0 Å². The van der Waals surface area contributed by atoms with E-state index >= 15 is 0 Å². The van der Waals surface area contributed by atoms with E-state index < -0.39 is 10.0 Å². The van der Waals surface area contributed by atoms with Crippen molar-refractivity contribution in [1.82, 2.24) is 10.2 Å². The fraction of sp³-hybridized carbons (Fsp3) is 0.269. The summed E-state index contributed by atoms with van der Waals surface area (Å²) < 4.78 is 33.3. The zero-order chi connectivity index (χ0) is 24.0. The normalized spacial score (nSPS) is 16.7. The van der Waals surface area contributed by atoms with E-state index in [1.807, 2.05) is 12.1 Å². The number of morpholine rings is 1. The molecule has 3 aromatic rings.